The van der Waals surface area contributed by atoms with Crippen molar-refractivity contribution in [2.45, 2.75) is 12.8 Å². The number of hydrogen-bond donors (Lipinski definition) is 1. The van der Waals surface area contributed by atoms with E-state index in [-0.39, 0.29) is 5.91 Å². The molecule has 1 amide bonds. The molecule has 1 aromatic heterocycles. The van der Waals surface area contributed by atoms with Gasteiger partial charge in [-0.25, -0.2) is 0 Å². The highest BCUT2D eigenvalue weighted by molar-refractivity contribution is 6.06. The van der Waals surface area contributed by atoms with Crippen LogP contribution in [0.25, 0.3) is 22.0 Å². The van der Waals surface area contributed by atoms with E-state index < -0.39 is 0 Å². The molecule has 1 fully saturated rings. The van der Waals surface area contributed by atoms with E-state index in [4.69, 9.17) is 0 Å². The molecule has 1 aliphatic heterocycles. The van der Waals surface area contributed by atoms with Crippen LogP contribution in [0, 0.1) is 0 Å². The van der Waals surface area contributed by atoms with Crippen molar-refractivity contribution in [3.63, 3.8) is 0 Å². The molecule has 1 N–H and O–H groups in total. The highest BCUT2D eigenvalue weighted by atomic mass is 16.1. The van der Waals surface area contributed by atoms with E-state index in [1.54, 1.807) is 0 Å². The summed E-state index contributed by atoms with van der Waals surface area (Å²) in [6.45, 7) is 2.11. The molecule has 2 heterocycles. The summed E-state index contributed by atoms with van der Waals surface area (Å²) >= 11 is 0. The van der Waals surface area contributed by atoms with Crippen LogP contribution in [0.3, 0.4) is 0 Å². The van der Waals surface area contributed by atoms with Crippen molar-refractivity contribution in [3.8, 4) is 11.3 Å². The first kappa shape index (κ1) is 18.3. The first-order chi connectivity index (χ1) is 14.8. The van der Waals surface area contributed by atoms with Gasteiger partial charge < -0.3 is 10.2 Å². The molecular weight excluding hydrogens is 372 g/mol. The van der Waals surface area contributed by atoms with Crippen LogP contribution in [-0.2, 0) is 0 Å². The number of nitrogens with one attached hydrogen (secondary N) is 1. The van der Waals surface area contributed by atoms with Gasteiger partial charge in [-0.05, 0) is 60.0 Å². The van der Waals surface area contributed by atoms with Crippen LogP contribution < -0.4 is 10.2 Å². The van der Waals surface area contributed by atoms with E-state index in [1.807, 2.05) is 78.9 Å². The molecule has 0 aliphatic carbocycles. The molecule has 30 heavy (non-hydrogen) atoms. The van der Waals surface area contributed by atoms with Gasteiger partial charge in [-0.2, -0.15) is 0 Å². The van der Waals surface area contributed by atoms with Gasteiger partial charge in [-0.1, -0.05) is 42.5 Å². The molecule has 148 valence electrons. The largest absolute Gasteiger partial charge is 0.355 e. The number of fused-ring (bicyclic) bond motifs is 1. The van der Waals surface area contributed by atoms with Gasteiger partial charge in [0, 0.05) is 29.9 Å². The SMILES string of the molecule is O=C(Nc1ccc(-c2ccc(N3CCCC3)nn2)cc1)c1ccc2ccccc2c1. The van der Waals surface area contributed by atoms with Gasteiger partial charge in [0.2, 0.25) is 0 Å². The van der Waals surface area contributed by atoms with Gasteiger partial charge in [0.05, 0.1) is 5.69 Å². The first-order valence-electron chi connectivity index (χ1n) is 10.3. The molecule has 0 atom stereocenters. The van der Waals surface area contributed by atoms with E-state index >= 15 is 0 Å². The molecule has 0 unspecified atom stereocenters. The fraction of sp³-hybridized carbons (Fsp3) is 0.160. The number of rotatable bonds is 4. The van der Waals surface area contributed by atoms with Crippen molar-refractivity contribution in [1.82, 2.24) is 10.2 Å². The van der Waals surface area contributed by atoms with Gasteiger partial charge >= 0.3 is 0 Å². The van der Waals surface area contributed by atoms with Crippen LogP contribution in [0.4, 0.5) is 11.5 Å². The normalized spacial score (nSPS) is 13.5. The van der Waals surface area contributed by atoms with Crippen molar-refractivity contribution in [2.75, 3.05) is 23.3 Å². The molecule has 4 aromatic rings. The highest BCUT2D eigenvalue weighted by Crippen LogP contribution is 2.23. The van der Waals surface area contributed by atoms with Crippen LogP contribution in [0.2, 0.25) is 0 Å². The number of anilines is 2. The Morgan fingerprint density at radius 1 is 0.800 bits per heavy atom. The fourth-order valence-corrected chi connectivity index (χ4v) is 3.85. The predicted molar refractivity (Wildman–Crippen MR) is 121 cm³/mol. The molecule has 1 aliphatic rings. The van der Waals surface area contributed by atoms with Gasteiger partial charge in [0.1, 0.15) is 0 Å². The summed E-state index contributed by atoms with van der Waals surface area (Å²) in [5, 5.41) is 13.9. The molecule has 5 heteroatoms. The zero-order valence-electron chi connectivity index (χ0n) is 16.6. The topological polar surface area (TPSA) is 58.1 Å². The van der Waals surface area contributed by atoms with E-state index in [1.165, 1.54) is 12.8 Å². The number of aromatic nitrogens is 2. The molecule has 0 saturated carbocycles. The Labute approximate surface area is 175 Å². The molecule has 0 bridgehead atoms. The summed E-state index contributed by atoms with van der Waals surface area (Å²) in [7, 11) is 0. The van der Waals surface area contributed by atoms with Crippen LogP contribution in [0.1, 0.15) is 23.2 Å². The first-order valence-corrected chi connectivity index (χ1v) is 10.3. The van der Waals surface area contributed by atoms with Crippen molar-refractivity contribution in [2.24, 2.45) is 0 Å². The Bertz CT molecular complexity index is 1180. The van der Waals surface area contributed by atoms with Crippen molar-refractivity contribution in [3.05, 3.63) is 84.4 Å². The van der Waals surface area contributed by atoms with Crippen LogP contribution in [0.5, 0.6) is 0 Å². The minimum Gasteiger partial charge on any atom is -0.355 e. The quantitative estimate of drug-likeness (QED) is 0.520. The van der Waals surface area contributed by atoms with E-state index in [2.05, 4.69) is 20.4 Å². The predicted octanol–water partition coefficient (Wildman–Crippen LogP) is 5.15. The Morgan fingerprint density at radius 2 is 1.57 bits per heavy atom. The summed E-state index contributed by atoms with van der Waals surface area (Å²) in [5.74, 6) is 0.818. The van der Waals surface area contributed by atoms with Gasteiger partial charge in [-0.3, -0.25) is 4.79 Å². The Balaban J connectivity index is 1.29. The van der Waals surface area contributed by atoms with E-state index in [9.17, 15) is 4.79 Å². The summed E-state index contributed by atoms with van der Waals surface area (Å²) in [6.07, 6.45) is 2.44. The lowest BCUT2D eigenvalue weighted by atomic mass is 10.1. The number of carbonyl (C=O) groups excluding carboxylic acids is 1. The maximum absolute atomic E-state index is 12.6. The lowest BCUT2D eigenvalue weighted by Crippen LogP contribution is -2.19. The zero-order chi connectivity index (χ0) is 20.3. The lowest BCUT2D eigenvalue weighted by molar-refractivity contribution is 0.102. The number of carbonyl (C=O) groups is 1. The second kappa shape index (κ2) is 7.95. The standard InChI is InChI=1S/C25H22N4O/c30-25(21-8-7-18-5-1-2-6-20(18)17-21)26-22-11-9-19(10-12-22)23-13-14-24(28-27-23)29-15-3-4-16-29/h1-2,5-14,17H,3-4,15-16H2,(H,26,30). The maximum Gasteiger partial charge on any atom is 0.255 e. The third-order valence-corrected chi connectivity index (χ3v) is 5.53. The number of hydrogen-bond acceptors (Lipinski definition) is 4. The van der Waals surface area contributed by atoms with Gasteiger partial charge in [0.25, 0.3) is 5.91 Å². The van der Waals surface area contributed by atoms with Crippen molar-refractivity contribution < 1.29 is 4.79 Å². The average Bonchev–Trinajstić information content (AvgIpc) is 3.34. The molecule has 0 radical (unpaired) electrons. The maximum atomic E-state index is 12.6. The molecule has 5 nitrogen and oxygen atoms in total. The van der Waals surface area contributed by atoms with Crippen molar-refractivity contribution in [1.29, 1.82) is 0 Å². The van der Waals surface area contributed by atoms with E-state index in [0.29, 0.717) is 5.56 Å². The smallest absolute Gasteiger partial charge is 0.255 e. The van der Waals surface area contributed by atoms with Gasteiger partial charge in [-0.15, -0.1) is 10.2 Å². The van der Waals surface area contributed by atoms with Crippen LogP contribution in [0.15, 0.2) is 78.9 Å². The zero-order valence-corrected chi connectivity index (χ0v) is 16.6. The van der Waals surface area contributed by atoms with Gasteiger partial charge in [0.15, 0.2) is 5.82 Å². The third kappa shape index (κ3) is 3.74. The van der Waals surface area contributed by atoms with Crippen LogP contribution in [-0.4, -0.2) is 29.2 Å². The van der Waals surface area contributed by atoms with Crippen LogP contribution >= 0.6 is 0 Å². The summed E-state index contributed by atoms with van der Waals surface area (Å²) in [6, 6.07) is 25.5. The number of nitrogens with zero attached hydrogens (tertiary/aromatic N) is 3. The minimum atomic E-state index is -0.122. The Hall–Kier alpha value is -3.73. The Kier molecular flexibility index (Phi) is 4.85. The Morgan fingerprint density at radius 3 is 2.30 bits per heavy atom. The summed E-state index contributed by atoms with van der Waals surface area (Å²) in [4.78, 5) is 14.9. The average molecular weight is 394 g/mol. The summed E-state index contributed by atoms with van der Waals surface area (Å²) in [5.41, 5.74) is 3.18. The second-order valence-corrected chi connectivity index (χ2v) is 7.56. The fourth-order valence-electron chi connectivity index (χ4n) is 3.85. The minimum absolute atomic E-state index is 0.122. The van der Waals surface area contributed by atoms with Crippen molar-refractivity contribution >= 4 is 28.2 Å². The molecule has 1 saturated heterocycles. The summed E-state index contributed by atoms with van der Waals surface area (Å²) < 4.78 is 0. The molecular formula is C25H22N4O. The number of benzene rings is 3. The second-order valence-electron chi connectivity index (χ2n) is 7.56. The highest BCUT2D eigenvalue weighted by Gasteiger charge is 2.14. The monoisotopic (exact) mass is 394 g/mol. The molecule has 5 rings (SSSR count). The molecule has 3 aromatic carbocycles. The third-order valence-electron chi connectivity index (χ3n) is 5.53. The molecule has 0 spiro atoms. The lowest BCUT2D eigenvalue weighted by Gasteiger charge is -2.15. The number of amides is 1. The van der Waals surface area contributed by atoms with E-state index in [0.717, 1.165) is 46.6 Å².